The average molecular weight is 374 g/mol. The summed E-state index contributed by atoms with van der Waals surface area (Å²) in [7, 11) is -3.89. The molecule has 1 aliphatic carbocycles. The lowest BCUT2D eigenvalue weighted by Gasteiger charge is -2.31. The van der Waals surface area contributed by atoms with Crippen molar-refractivity contribution >= 4 is 27.3 Å². The van der Waals surface area contributed by atoms with Crippen LogP contribution in [0.2, 0.25) is 5.02 Å². The van der Waals surface area contributed by atoms with Crippen LogP contribution in [0.25, 0.3) is 0 Å². The van der Waals surface area contributed by atoms with Crippen molar-refractivity contribution in [2.75, 3.05) is 19.6 Å². The SMILES string of the molecule is O=[N+]([O-])c1cc(Cl)ccc1S(=O)(=O)N1CCC(NCC2CC2)CC1. The Hall–Kier alpha value is -1.22. The van der Waals surface area contributed by atoms with Gasteiger partial charge in [-0.1, -0.05) is 11.6 Å². The molecule has 2 aliphatic rings. The van der Waals surface area contributed by atoms with E-state index in [9.17, 15) is 18.5 Å². The Labute approximate surface area is 146 Å². The highest BCUT2D eigenvalue weighted by molar-refractivity contribution is 7.89. The first-order valence-corrected chi connectivity index (χ1v) is 9.87. The largest absolute Gasteiger partial charge is 0.314 e. The number of hydrogen-bond donors (Lipinski definition) is 1. The molecule has 3 rings (SSSR count). The van der Waals surface area contributed by atoms with E-state index in [1.165, 1.54) is 29.3 Å². The molecule has 0 amide bonds. The molecule has 2 fully saturated rings. The molecule has 1 saturated heterocycles. The van der Waals surface area contributed by atoms with Gasteiger partial charge in [0.1, 0.15) is 0 Å². The van der Waals surface area contributed by atoms with Gasteiger partial charge in [-0.2, -0.15) is 4.31 Å². The summed E-state index contributed by atoms with van der Waals surface area (Å²) < 4.78 is 26.9. The number of halogens is 1. The Morgan fingerprint density at radius 3 is 2.50 bits per heavy atom. The van der Waals surface area contributed by atoms with Gasteiger partial charge in [0.15, 0.2) is 4.90 Å². The minimum Gasteiger partial charge on any atom is -0.314 e. The minimum atomic E-state index is -3.89. The van der Waals surface area contributed by atoms with Crippen molar-refractivity contribution in [2.24, 2.45) is 5.92 Å². The van der Waals surface area contributed by atoms with E-state index in [2.05, 4.69) is 5.32 Å². The van der Waals surface area contributed by atoms with Crippen LogP contribution < -0.4 is 5.32 Å². The Morgan fingerprint density at radius 2 is 1.92 bits per heavy atom. The van der Waals surface area contributed by atoms with E-state index in [0.29, 0.717) is 32.0 Å². The quantitative estimate of drug-likeness (QED) is 0.610. The van der Waals surface area contributed by atoms with Crippen molar-refractivity contribution in [1.82, 2.24) is 9.62 Å². The second-order valence-electron chi connectivity index (χ2n) is 6.40. The van der Waals surface area contributed by atoms with Crippen molar-refractivity contribution in [1.29, 1.82) is 0 Å². The number of piperidine rings is 1. The Balaban J connectivity index is 1.71. The summed E-state index contributed by atoms with van der Waals surface area (Å²) in [5.74, 6) is 0.781. The first-order valence-electron chi connectivity index (χ1n) is 8.05. The van der Waals surface area contributed by atoms with Crippen LogP contribution in [-0.2, 0) is 10.0 Å². The minimum absolute atomic E-state index is 0.142. The third kappa shape index (κ3) is 3.88. The third-order valence-corrected chi connectivity index (χ3v) is 6.76. The van der Waals surface area contributed by atoms with Crippen LogP contribution in [-0.4, -0.2) is 43.3 Å². The number of rotatable bonds is 6. The van der Waals surface area contributed by atoms with Crippen molar-refractivity contribution in [3.63, 3.8) is 0 Å². The fraction of sp³-hybridized carbons (Fsp3) is 0.600. The van der Waals surface area contributed by atoms with E-state index in [4.69, 9.17) is 11.6 Å². The van der Waals surface area contributed by atoms with E-state index < -0.39 is 20.6 Å². The van der Waals surface area contributed by atoms with Crippen LogP contribution in [0.15, 0.2) is 23.1 Å². The van der Waals surface area contributed by atoms with Crippen molar-refractivity contribution in [3.8, 4) is 0 Å². The van der Waals surface area contributed by atoms with Gasteiger partial charge in [0.25, 0.3) is 5.69 Å². The molecule has 1 N–H and O–H groups in total. The predicted molar refractivity (Wildman–Crippen MR) is 90.6 cm³/mol. The lowest BCUT2D eigenvalue weighted by molar-refractivity contribution is -0.387. The number of benzene rings is 1. The number of sulfonamides is 1. The number of nitrogens with one attached hydrogen (secondary N) is 1. The first kappa shape index (κ1) is 17.6. The maximum atomic E-state index is 12.8. The van der Waals surface area contributed by atoms with Gasteiger partial charge in [-0.3, -0.25) is 10.1 Å². The van der Waals surface area contributed by atoms with Crippen LogP contribution >= 0.6 is 11.6 Å². The summed E-state index contributed by atoms with van der Waals surface area (Å²) in [6.07, 6.45) is 3.99. The van der Waals surface area contributed by atoms with Gasteiger partial charge in [-0.05, 0) is 50.3 Å². The zero-order valence-electron chi connectivity index (χ0n) is 13.2. The maximum Gasteiger partial charge on any atom is 0.290 e. The Morgan fingerprint density at radius 1 is 1.25 bits per heavy atom. The molecule has 24 heavy (non-hydrogen) atoms. The second-order valence-corrected chi connectivity index (χ2v) is 8.74. The normalized spacial score (nSPS) is 20.2. The smallest absolute Gasteiger partial charge is 0.290 e. The molecule has 1 saturated carbocycles. The molecule has 0 atom stereocenters. The highest BCUT2D eigenvalue weighted by Crippen LogP contribution is 2.31. The molecule has 0 aromatic heterocycles. The number of nitro groups is 1. The predicted octanol–water partition coefficient (Wildman–Crippen LogP) is 2.40. The van der Waals surface area contributed by atoms with Crippen LogP contribution in [0.5, 0.6) is 0 Å². The van der Waals surface area contributed by atoms with Gasteiger partial charge in [0, 0.05) is 30.2 Å². The highest BCUT2D eigenvalue weighted by atomic mass is 35.5. The van der Waals surface area contributed by atoms with Crippen molar-refractivity contribution in [3.05, 3.63) is 33.3 Å². The van der Waals surface area contributed by atoms with E-state index in [1.54, 1.807) is 0 Å². The van der Waals surface area contributed by atoms with E-state index in [-0.39, 0.29) is 9.92 Å². The van der Waals surface area contributed by atoms with Gasteiger partial charge >= 0.3 is 0 Å². The van der Waals surface area contributed by atoms with Gasteiger partial charge in [0.05, 0.1) is 4.92 Å². The summed E-state index contributed by atoms with van der Waals surface area (Å²) in [5.41, 5.74) is -0.475. The van der Waals surface area contributed by atoms with Crippen molar-refractivity contribution < 1.29 is 13.3 Å². The molecule has 0 radical (unpaired) electrons. The van der Waals surface area contributed by atoms with Gasteiger partial charge < -0.3 is 5.32 Å². The summed E-state index contributed by atoms with van der Waals surface area (Å²) in [5, 5.41) is 14.8. The summed E-state index contributed by atoms with van der Waals surface area (Å²) in [6, 6.07) is 3.98. The van der Waals surface area contributed by atoms with Gasteiger partial charge in [0.2, 0.25) is 10.0 Å². The van der Waals surface area contributed by atoms with Crippen LogP contribution in [0.3, 0.4) is 0 Å². The molecular formula is C15H20ClN3O4S. The molecule has 1 heterocycles. The molecule has 0 unspecified atom stereocenters. The summed E-state index contributed by atoms with van der Waals surface area (Å²) in [4.78, 5) is 10.2. The fourth-order valence-electron chi connectivity index (χ4n) is 2.95. The molecule has 7 nitrogen and oxygen atoms in total. The maximum absolute atomic E-state index is 12.8. The molecule has 132 valence electrons. The Kier molecular flexibility index (Phi) is 5.10. The zero-order valence-corrected chi connectivity index (χ0v) is 14.7. The lowest BCUT2D eigenvalue weighted by atomic mass is 10.1. The van der Waals surface area contributed by atoms with Gasteiger partial charge in [-0.15, -0.1) is 0 Å². The topological polar surface area (TPSA) is 92.5 Å². The van der Waals surface area contributed by atoms with E-state index in [0.717, 1.165) is 18.5 Å². The monoisotopic (exact) mass is 373 g/mol. The van der Waals surface area contributed by atoms with Crippen molar-refractivity contribution in [2.45, 2.75) is 36.6 Å². The molecule has 0 spiro atoms. The van der Waals surface area contributed by atoms with Gasteiger partial charge in [-0.25, -0.2) is 8.42 Å². The Bertz CT molecular complexity index is 728. The zero-order chi connectivity index (χ0) is 17.3. The van der Waals surface area contributed by atoms with E-state index in [1.807, 2.05) is 0 Å². The van der Waals surface area contributed by atoms with E-state index >= 15 is 0 Å². The van der Waals surface area contributed by atoms with Crippen LogP contribution in [0, 0.1) is 16.0 Å². The summed E-state index contributed by atoms with van der Waals surface area (Å²) in [6.45, 7) is 1.73. The molecule has 1 aliphatic heterocycles. The lowest BCUT2D eigenvalue weighted by Crippen LogP contribution is -2.45. The fourth-order valence-corrected chi connectivity index (χ4v) is 4.72. The average Bonchev–Trinajstić information content (AvgIpc) is 3.37. The number of nitro benzene ring substituents is 1. The summed E-state index contributed by atoms with van der Waals surface area (Å²) >= 11 is 5.76. The molecule has 0 bridgehead atoms. The third-order valence-electron chi connectivity index (χ3n) is 4.58. The number of hydrogen-bond acceptors (Lipinski definition) is 5. The molecule has 1 aromatic carbocycles. The highest BCUT2D eigenvalue weighted by Gasteiger charge is 2.34. The molecular weight excluding hydrogens is 354 g/mol. The van der Waals surface area contributed by atoms with Crippen LogP contribution in [0.4, 0.5) is 5.69 Å². The van der Waals surface area contributed by atoms with Crippen LogP contribution in [0.1, 0.15) is 25.7 Å². The molecule has 1 aromatic rings. The first-order chi connectivity index (χ1) is 11.4. The number of nitrogens with zero attached hydrogens (tertiary/aromatic N) is 2. The molecule has 9 heteroatoms. The standard InChI is InChI=1S/C15H20ClN3O4S/c16-12-3-4-15(14(9-12)19(20)21)24(22,23)18-7-5-13(6-8-18)17-10-11-1-2-11/h3-4,9,11,13,17H,1-2,5-8,10H2. The second kappa shape index (κ2) is 6.95.